The Hall–Kier alpha value is -2.65. The number of sulfonamides is 1. The minimum Gasteiger partial charge on any atom is -0.493 e. The van der Waals surface area contributed by atoms with E-state index in [1.54, 1.807) is 20.2 Å². The number of ether oxygens (including phenoxy) is 2. The van der Waals surface area contributed by atoms with E-state index in [2.05, 4.69) is 0 Å². The molecule has 0 aliphatic carbocycles. The number of methoxy groups -OCH3 is 2. The fourth-order valence-corrected chi connectivity index (χ4v) is 3.84. The van der Waals surface area contributed by atoms with Crippen LogP contribution < -0.4 is 9.47 Å². The number of likely N-dealkylation sites (N-methyl/N-ethyl adjacent to an activating group) is 2. The Balaban J connectivity index is 2.11. The van der Waals surface area contributed by atoms with E-state index >= 15 is 0 Å². The van der Waals surface area contributed by atoms with Crippen molar-refractivity contribution in [2.45, 2.75) is 18.4 Å². The molecule has 0 saturated carbocycles. The van der Waals surface area contributed by atoms with E-state index in [0.717, 1.165) is 27.6 Å². The third kappa shape index (κ3) is 5.24. The molecule has 0 aliphatic rings. The van der Waals surface area contributed by atoms with Crippen LogP contribution in [0.5, 0.6) is 11.5 Å². The molecule has 0 fully saturated rings. The highest BCUT2D eigenvalue weighted by molar-refractivity contribution is 7.89. The fraction of sp³-hybridized carbons (Fsp3) is 0.350. The molecule has 29 heavy (non-hydrogen) atoms. The van der Waals surface area contributed by atoms with Gasteiger partial charge in [-0.2, -0.15) is 4.31 Å². The number of rotatable bonds is 8. The molecular formula is C20H25FN2O5S. The van der Waals surface area contributed by atoms with Gasteiger partial charge in [-0.15, -0.1) is 0 Å². The summed E-state index contributed by atoms with van der Waals surface area (Å²) in [4.78, 5) is 13.9. The topological polar surface area (TPSA) is 76.2 Å². The maximum Gasteiger partial charge on any atom is 0.243 e. The molecule has 0 N–H and O–H groups in total. The Bertz CT molecular complexity index is 977. The lowest BCUT2D eigenvalue weighted by Gasteiger charge is -2.23. The van der Waals surface area contributed by atoms with Crippen LogP contribution in [0.3, 0.4) is 0 Å². The lowest BCUT2D eigenvalue weighted by molar-refractivity contribution is -0.130. The minimum absolute atomic E-state index is 0.0763. The van der Waals surface area contributed by atoms with E-state index in [0.29, 0.717) is 11.5 Å². The second kappa shape index (κ2) is 9.23. The summed E-state index contributed by atoms with van der Waals surface area (Å²) in [6.07, 6.45) is 0. The van der Waals surface area contributed by atoms with Gasteiger partial charge in [-0.1, -0.05) is 0 Å². The highest BCUT2D eigenvalue weighted by Gasteiger charge is 2.24. The molecule has 0 radical (unpaired) electrons. The Kier molecular flexibility index (Phi) is 7.21. The molecule has 0 bridgehead atoms. The van der Waals surface area contributed by atoms with Crippen LogP contribution >= 0.6 is 0 Å². The summed E-state index contributed by atoms with van der Waals surface area (Å²) in [5, 5.41) is 0. The third-order valence-corrected chi connectivity index (χ3v) is 6.37. The predicted octanol–water partition coefficient (Wildman–Crippen LogP) is 2.43. The van der Waals surface area contributed by atoms with Crippen LogP contribution in [-0.2, 0) is 21.4 Å². The van der Waals surface area contributed by atoms with Crippen LogP contribution in [0.25, 0.3) is 0 Å². The number of halogens is 1. The highest BCUT2D eigenvalue weighted by Crippen LogP contribution is 2.30. The van der Waals surface area contributed by atoms with Gasteiger partial charge in [0.05, 0.1) is 25.7 Å². The molecule has 0 heterocycles. The van der Waals surface area contributed by atoms with Gasteiger partial charge in [-0.05, 0) is 54.4 Å². The summed E-state index contributed by atoms with van der Waals surface area (Å²) >= 11 is 0. The summed E-state index contributed by atoms with van der Waals surface area (Å²) in [5.74, 6) is 0.220. The molecular weight excluding hydrogens is 399 g/mol. The lowest BCUT2D eigenvalue weighted by atomic mass is 10.1. The van der Waals surface area contributed by atoms with Crippen molar-refractivity contribution < 1.29 is 27.1 Å². The molecule has 158 valence electrons. The van der Waals surface area contributed by atoms with Crippen LogP contribution in [0.15, 0.2) is 41.3 Å². The summed E-state index contributed by atoms with van der Waals surface area (Å²) in [7, 11) is 2.08. The number of aryl methyl sites for hydroxylation is 1. The van der Waals surface area contributed by atoms with Crippen LogP contribution in [0.2, 0.25) is 0 Å². The van der Waals surface area contributed by atoms with E-state index in [-0.39, 0.29) is 23.9 Å². The SMILES string of the molecule is COc1cc(C)c(CN(C)C(=O)CN(C)S(=O)(=O)c2ccc(F)cc2)cc1OC. The van der Waals surface area contributed by atoms with E-state index in [9.17, 15) is 17.6 Å². The molecule has 1 amide bonds. The Morgan fingerprint density at radius 3 is 2.14 bits per heavy atom. The second-order valence-electron chi connectivity index (χ2n) is 6.60. The van der Waals surface area contributed by atoms with Crippen molar-refractivity contribution in [1.82, 2.24) is 9.21 Å². The van der Waals surface area contributed by atoms with Crippen molar-refractivity contribution in [2.24, 2.45) is 0 Å². The van der Waals surface area contributed by atoms with Gasteiger partial charge < -0.3 is 14.4 Å². The third-order valence-electron chi connectivity index (χ3n) is 4.56. The van der Waals surface area contributed by atoms with Crippen LogP contribution in [0.4, 0.5) is 4.39 Å². The number of carbonyl (C=O) groups is 1. The van der Waals surface area contributed by atoms with Crippen LogP contribution in [-0.4, -0.2) is 58.4 Å². The first-order valence-electron chi connectivity index (χ1n) is 8.77. The summed E-state index contributed by atoms with van der Waals surface area (Å²) < 4.78 is 49.7. The molecule has 2 aromatic rings. The van der Waals surface area contributed by atoms with Crippen LogP contribution in [0.1, 0.15) is 11.1 Å². The molecule has 0 aromatic heterocycles. The molecule has 0 saturated heterocycles. The lowest BCUT2D eigenvalue weighted by Crippen LogP contribution is -2.39. The molecule has 0 unspecified atom stereocenters. The van der Waals surface area contributed by atoms with Crippen molar-refractivity contribution in [2.75, 3.05) is 34.9 Å². The Labute approximate surface area is 170 Å². The van der Waals surface area contributed by atoms with Gasteiger partial charge in [-0.3, -0.25) is 4.79 Å². The van der Waals surface area contributed by atoms with E-state index in [4.69, 9.17) is 9.47 Å². The molecule has 0 atom stereocenters. The van der Waals surface area contributed by atoms with Gasteiger partial charge in [0.1, 0.15) is 5.82 Å². The number of carbonyl (C=O) groups excluding carboxylic acids is 1. The monoisotopic (exact) mass is 424 g/mol. The first-order valence-corrected chi connectivity index (χ1v) is 10.2. The standard InChI is InChI=1S/C20H25FN2O5S/c1-14-10-18(27-4)19(28-5)11-15(14)12-22(2)20(24)13-23(3)29(25,26)17-8-6-16(21)7-9-17/h6-11H,12-13H2,1-5H3. The smallest absolute Gasteiger partial charge is 0.243 e. The first kappa shape index (κ1) is 22.6. The molecule has 2 aromatic carbocycles. The molecule has 9 heteroatoms. The number of nitrogens with zero attached hydrogens (tertiary/aromatic N) is 2. The van der Waals surface area contributed by atoms with Crippen molar-refractivity contribution >= 4 is 15.9 Å². The fourth-order valence-electron chi connectivity index (χ4n) is 2.72. The van der Waals surface area contributed by atoms with Gasteiger partial charge in [-0.25, -0.2) is 12.8 Å². The summed E-state index contributed by atoms with van der Waals surface area (Å²) in [5.41, 5.74) is 1.76. The quantitative estimate of drug-likeness (QED) is 0.651. The number of benzene rings is 2. The number of hydrogen-bond acceptors (Lipinski definition) is 5. The zero-order chi connectivity index (χ0) is 21.8. The average molecular weight is 424 g/mol. The molecule has 2 rings (SSSR count). The maximum absolute atomic E-state index is 13.0. The maximum atomic E-state index is 13.0. The first-order chi connectivity index (χ1) is 13.6. The molecule has 0 aliphatic heterocycles. The highest BCUT2D eigenvalue weighted by atomic mass is 32.2. The van der Waals surface area contributed by atoms with Gasteiger partial charge in [0.15, 0.2) is 11.5 Å². The zero-order valence-electron chi connectivity index (χ0n) is 17.1. The average Bonchev–Trinajstić information content (AvgIpc) is 2.69. The number of amides is 1. The van der Waals surface area contributed by atoms with E-state index in [1.165, 1.54) is 31.2 Å². The zero-order valence-corrected chi connectivity index (χ0v) is 17.9. The van der Waals surface area contributed by atoms with Crippen molar-refractivity contribution in [3.8, 4) is 11.5 Å². The van der Waals surface area contributed by atoms with Gasteiger partial charge >= 0.3 is 0 Å². The molecule has 7 nitrogen and oxygen atoms in total. The Morgan fingerprint density at radius 2 is 1.59 bits per heavy atom. The van der Waals surface area contributed by atoms with Gasteiger partial charge in [0, 0.05) is 20.6 Å². The van der Waals surface area contributed by atoms with Gasteiger partial charge in [0.25, 0.3) is 0 Å². The minimum atomic E-state index is -3.90. The predicted molar refractivity (Wildman–Crippen MR) is 107 cm³/mol. The summed E-state index contributed by atoms with van der Waals surface area (Å²) in [6, 6.07) is 8.07. The largest absolute Gasteiger partial charge is 0.493 e. The van der Waals surface area contributed by atoms with Crippen molar-refractivity contribution in [3.63, 3.8) is 0 Å². The Morgan fingerprint density at radius 1 is 1.03 bits per heavy atom. The van der Waals surface area contributed by atoms with Crippen molar-refractivity contribution in [3.05, 3.63) is 53.3 Å². The summed E-state index contributed by atoms with van der Waals surface area (Å²) in [6.45, 7) is 1.82. The van der Waals surface area contributed by atoms with Crippen LogP contribution in [0, 0.1) is 12.7 Å². The van der Waals surface area contributed by atoms with E-state index < -0.39 is 15.8 Å². The second-order valence-corrected chi connectivity index (χ2v) is 8.64. The van der Waals surface area contributed by atoms with Crippen molar-refractivity contribution in [1.29, 1.82) is 0 Å². The molecule has 0 spiro atoms. The van der Waals surface area contributed by atoms with E-state index in [1.807, 2.05) is 13.0 Å². The van der Waals surface area contributed by atoms with Gasteiger partial charge in [0.2, 0.25) is 15.9 Å². The number of hydrogen-bond donors (Lipinski definition) is 0. The normalized spacial score (nSPS) is 11.4.